The Labute approximate surface area is 275 Å². The highest BCUT2D eigenvalue weighted by atomic mass is 19.1. The highest BCUT2D eigenvalue weighted by Crippen LogP contribution is 2.50. The molecule has 47 heavy (non-hydrogen) atoms. The molecule has 250 valence electrons. The van der Waals surface area contributed by atoms with Crippen LogP contribution in [-0.2, 0) is 36.5 Å². The predicted octanol–water partition coefficient (Wildman–Crippen LogP) is 4.19. The van der Waals surface area contributed by atoms with Gasteiger partial charge in [0.25, 0.3) is 5.91 Å². The Morgan fingerprint density at radius 3 is 2.89 bits per heavy atom. The fraction of sp³-hybridized carbons (Fsp3) is 0.600. The van der Waals surface area contributed by atoms with Crippen molar-refractivity contribution in [1.29, 1.82) is 0 Å². The van der Waals surface area contributed by atoms with E-state index in [1.54, 1.807) is 19.0 Å². The van der Waals surface area contributed by atoms with Gasteiger partial charge in [0.05, 0.1) is 35.7 Å². The number of benzene rings is 1. The van der Waals surface area contributed by atoms with E-state index in [4.69, 9.17) is 25.2 Å². The largest absolute Gasteiger partial charge is 0.461 e. The van der Waals surface area contributed by atoms with Crippen LogP contribution in [-0.4, -0.2) is 87.5 Å². The third kappa shape index (κ3) is 5.24. The lowest BCUT2D eigenvalue weighted by Crippen LogP contribution is -2.44. The van der Waals surface area contributed by atoms with E-state index >= 15 is 0 Å². The summed E-state index contributed by atoms with van der Waals surface area (Å²) in [5.74, 6) is 1.10. The second-order valence-corrected chi connectivity index (χ2v) is 14.6. The topological polar surface area (TPSA) is 115 Å². The second-order valence-electron chi connectivity index (χ2n) is 14.6. The number of ether oxygens (including phenoxy) is 2. The van der Waals surface area contributed by atoms with Gasteiger partial charge in [-0.3, -0.25) is 14.4 Å². The highest BCUT2D eigenvalue weighted by molar-refractivity contribution is 5.92. The van der Waals surface area contributed by atoms with Gasteiger partial charge in [-0.25, -0.2) is 4.39 Å². The number of hydrogen-bond donors (Lipinski definition) is 1. The van der Waals surface area contributed by atoms with Crippen LogP contribution in [0.15, 0.2) is 24.3 Å². The van der Waals surface area contributed by atoms with Crippen molar-refractivity contribution in [1.82, 2.24) is 29.5 Å². The zero-order valence-corrected chi connectivity index (χ0v) is 27.7. The average Bonchev–Trinajstić information content (AvgIpc) is 3.68. The summed E-state index contributed by atoms with van der Waals surface area (Å²) in [6, 6.07) is 8.44. The number of carbonyl (C=O) groups is 1. The predicted molar refractivity (Wildman–Crippen MR) is 175 cm³/mol. The standard InChI is InChI=1S/C35H45FN8O3/c1-22-8-10-35(28-14-24(37)6-7-26(22)28)17-30-27(20-47-35)31(39-33(38-30)46-21-34-9-4-12-43(34)18-23(36)16-34)42-11-5-13-44-25(19-42)15-29(40-44)32(45)41(2)3/h6-7,14-15,22-23H,4-5,8-13,16-21,37H2,1-3H3/t22-,23+,34-,35-/m0/s1. The molecular formula is C35H45FN8O3. The molecule has 2 aromatic heterocycles. The third-order valence-electron chi connectivity index (χ3n) is 11.2. The van der Waals surface area contributed by atoms with Gasteiger partial charge in [0.1, 0.15) is 18.6 Å². The number of aromatic nitrogens is 4. The summed E-state index contributed by atoms with van der Waals surface area (Å²) in [5, 5.41) is 4.64. The number of alkyl halides is 1. The number of carbonyl (C=O) groups excluding carboxylic acids is 1. The van der Waals surface area contributed by atoms with Crippen LogP contribution < -0.4 is 15.4 Å². The number of halogens is 1. The minimum Gasteiger partial charge on any atom is -0.461 e. The Balaban J connectivity index is 1.17. The smallest absolute Gasteiger partial charge is 0.318 e. The van der Waals surface area contributed by atoms with Crippen molar-refractivity contribution in [3.8, 4) is 6.01 Å². The molecule has 0 bridgehead atoms. The molecule has 1 aliphatic carbocycles. The molecule has 4 aliphatic heterocycles. The fourth-order valence-corrected chi connectivity index (χ4v) is 8.74. The van der Waals surface area contributed by atoms with Crippen molar-refractivity contribution in [2.75, 3.05) is 51.0 Å². The molecule has 5 aliphatic rings. The van der Waals surface area contributed by atoms with E-state index < -0.39 is 11.8 Å². The molecule has 11 nitrogen and oxygen atoms in total. The SMILES string of the molecule is C[C@H]1CC[C@]2(Cc3nc(OC[C@@]45CCCN4C[C@H](F)C5)nc(N4CCCn5nc(C(=O)N(C)C)cc5C4)c3CO2)c2cc(N)ccc21. The molecule has 2 fully saturated rings. The number of fused-ring (bicyclic) bond motifs is 5. The van der Waals surface area contributed by atoms with Gasteiger partial charge in [-0.15, -0.1) is 0 Å². The van der Waals surface area contributed by atoms with E-state index in [2.05, 4.69) is 34.0 Å². The normalized spacial score (nSPS) is 28.4. The molecule has 8 rings (SSSR count). The maximum atomic E-state index is 14.6. The Kier molecular flexibility index (Phi) is 7.43. The van der Waals surface area contributed by atoms with Crippen molar-refractivity contribution in [3.05, 3.63) is 58.0 Å². The van der Waals surface area contributed by atoms with Gasteiger partial charge in [-0.05, 0) is 73.9 Å². The van der Waals surface area contributed by atoms with E-state index in [9.17, 15) is 9.18 Å². The summed E-state index contributed by atoms with van der Waals surface area (Å²) in [6.45, 7) is 6.39. The molecule has 1 amide bonds. The average molecular weight is 645 g/mol. The van der Waals surface area contributed by atoms with Crippen molar-refractivity contribution in [3.63, 3.8) is 0 Å². The van der Waals surface area contributed by atoms with E-state index in [0.717, 1.165) is 79.2 Å². The van der Waals surface area contributed by atoms with E-state index in [1.165, 1.54) is 5.56 Å². The fourth-order valence-electron chi connectivity index (χ4n) is 8.74. The maximum Gasteiger partial charge on any atom is 0.318 e. The summed E-state index contributed by atoms with van der Waals surface area (Å²) in [7, 11) is 3.48. The quantitative estimate of drug-likeness (QED) is 0.409. The van der Waals surface area contributed by atoms with Crippen molar-refractivity contribution in [2.24, 2.45) is 0 Å². The molecule has 1 aromatic carbocycles. The number of aryl methyl sites for hydroxylation is 1. The van der Waals surface area contributed by atoms with Gasteiger partial charge < -0.3 is 25.0 Å². The van der Waals surface area contributed by atoms with Crippen LogP contribution in [0.2, 0.25) is 0 Å². The summed E-state index contributed by atoms with van der Waals surface area (Å²) >= 11 is 0. The number of anilines is 2. The van der Waals surface area contributed by atoms with Crippen molar-refractivity contribution >= 4 is 17.4 Å². The summed E-state index contributed by atoms with van der Waals surface area (Å²) < 4.78 is 29.9. The molecule has 4 atom stereocenters. The molecule has 3 aromatic rings. The summed E-state index contributed by atoms with van der Waals surface area (Å²) in [4.78, 5) is 29.0. The first-order valence-corrected chi connectivity index (χ1v) is 17.1. The second kappa shape index (κ2) is 11.4. The third-order valence-corrected chi connectivity index (χ3v) is 11.2. The van der Waals surface area contributed by atoms with Crippen LogP contribution in [0.25, 0.3) is 0 Å². The van der Waals surface area contributed by atoms with Gasteiger partial charge >= 0.3 is 6.01 Å². The number of nitrogens with two attached hydrogens (primary N) is 1. The van der Waals surface area contributed by atoms with Crippen LogP contribution in [0.5, 0.6) is 6.01 Å². The van der Waals surface area contributed by atoms with E-state index in [0.29, 0.717) is 63.3 Å². The van der Waals surface area contributed by atoms with E-state index in [-0.39, 0.29) is 11.4 Å². The molecule has 0 radical (unpaired) electrons. The zero-order valence-electron chi connectivity index (χ0n) is 27.7. The Bertz CT molecular complexity index is 1710. The van der Waals surface area contributed by atoms with Gasteiger partial charge in [-0.1, -0.05) is 13.0 Å². The lowest BCUT2D eigenvalue weighted by molar-refractivity contribution is -0.0871. The minimum absolute atomic E-state index is 0.114. The van der Waals surface area contributed by atoms with Crippen LogP contribution in [0.4, 0.5) is 15.9 Å². The molecule has 1 spiro atoms. The first-order valence-electron chi connectivity index (χ1n) is 17.1. The summed E-state index contributed by atoms with van der Waals surface area (Å²) in [5.41, 5.74) is 12.0. The molecule has 12 heteroatoms. The number of amides is 1. The number of rotatable bonds is 5. The number of nitrogen functional groups attached to an aromatic ring is 1. The lowest BCUT2D eigenvalue weighted by Gasteiger charge is -2.44. The zero-order chi connectivity index (χ0) is 32.5. The molecule has 0 saturated carbocycles. The van der Waals surface area contributed by atoms with E-state index in [1.807, 2.05) is 16.8 Å². The Hall–Kier alpha value is -3.77. The monoisotopic (exact) mass is 644 g/mol. The van der Waals surface area contributed by atoms with Crippen LogP contribution in [0, 0.1) is 0 Å². The maximum absolute atomic E-state index is 14.6. The minimum atomic E-state index is -0.830. The van der Waals surface area contributed by atoms with Crippen LogP contribution in [0.1, 0.15) is 89.9 Å². The van der Waals surface area contributed by atoms with Gasteiger partial charge in [-0.2, -0.15) is 15.1 Å². The number of hydrogen-bond acceptors (Lipinski definition) is 9. The van der Waals surface area contributed by atoms with Crippen LogP contribution >= 0.6 is 0 Å². The summed E-state index contributed by atoms with van der Waals surface area (Å²) in [6.07, 6.45) is 4.95. The van der Waals surface area contributed by atoms with Gasteiger partial charge in [0.2, 0.25) is 0 Å². The lowest BCUT2D eigenvalue weighted by atomic mass is 9.71. The van der Waals surface area contributed by atoms with Crippen molar-refractivity contribution < 1.29 is 18.7 Å². The number of nitrogens with zero attached hydrogens (tertiary/aromatic N) is 7. The molecule has 2 N–H and O–H groups in total. The molecular weight excluding hydrogens is 599 g/mol. The Morgan fingerprint density at radius 1 is 1.17 bits per heavy atom. The Morgan fingerprint density at radius 2 is 2.04 bits per heavy atom. The van der Waals surface area contributed by atoms with Crippen LogP contribution in [0.3, 0.4) is 0 Å². The van der Waals surface area contributed by atoms with Gasteiger partial charge in [0.15, 0.2) is 5.69 Å². The van der Waals surface area contributed by atoms with Crippen molar-refractivity contribution in [2.45, 2.75) is 94.8 Å². The first-order chi connectivity index (χ1) is 22.6. The highest BCUT2D eigenvalue weighted by Gasteiger charge is 2.50. The van der Waals surface area contributed by atoms with Gasteiger partial charge in [0, 0.05) is 57.8 Å². The first kappa shape index (κ1) is 30.6. The molecule has 2 saturated heterocycles. The molecule has 0 unspecified atom stereocenters. The molecule has 6 heterocycles.